The number of nitrogens with zero attached hydrogens (tertiary/aromatic N) is 1. The number of ether oxygens (including phenoxy) is 1. The van der Waals surface area contributed by atoms with Gasteiger partial charge in [0, 0.05) is 12.7 Å². The molecule has 3 rings (SSSR count). The largest absolute Gasteiger partial charge is 0.449 e. The molecule has 0 bridgehead atoms. The van der Waals surface area contributed by atoms with Crippen LogP contribution in [0.1, 0.15) is 49.1 Å². The summed E-state index contributed by atoms with van der Waals surface area (Å²) >= 11 is 0. The minimum absolute atomic E-state index is 0.0348. The molecule has 2 aromatic carbocycles. The maximum Gasteiger partial charge on any atom is 0.338 e. The zero-order valence-electron chi connectivity index (χ0n) is 18.1. The standard InChI is InChI=1S/C23H23N3O6/c1-12-6-5-7-13(2)19(12)25-18(27)11-24-20(28)14(3)32-23(31)15-8-9-16-17(10-15)22(30)26(4)21(16)29/h5-10,14H,11H2,1-4H3,(H,24,28)(H,25,27). The van der Waals surface area contributed by atoms with Crippen molar-refractivity contribution < 1.29 is 28.7 Å². The molecular formula is C23H23N3O6. The van der Waals surface area contributed by atoms with Crippen molar-refractivity contribution in [2.45, 2.75) is 26.9 Å². The Morgan fingerprint density at radius 2 is 1.62 bits per heavy atom. The number of amides is 4. The molecule has 2 N–H and O–H groups in total. The molecule has 1 atom stereocenters. The van der Waals surface area contributed by atoms with E-state index in [1.54, 1.807) is 0 Å². The number of carbonyl (C=O) groups is 5. The van der Waals surface area contributed by atoms with Gasteiger partial charge in [-0.05, 0) is 50.1 Å². The Morgan fingerprint density at radius 1 is 1.00 bits per heavy atom. The van der Waals surface area contributed by atoms with Crippen molar-refractivity contribution in [3.8, 4) is 0 Å². The van der Waals surface area contributed by atoms with Gasteiger partial charge in [0.25, 0.3) is 17.7 Å². The Balaban J connectivity index is 1.56. The average Bonchev–Trinajstić information content (AvgIpc) is 2.98. The van der Waals surface area contributed by atoms with Gasteiger partial charge in [0.2, 0.25) is 5.91 Å². The molecule has 0 aromatic heterocycles. The summed E-state index contributed by atoms with van der Waals surface area (Å²) in [6, 6.07) is 9.61. The molecule has 0 fully saturated rings. The van der Waals surface area contributed by atoms with Crippen LogP contribution in [0.2, 0.25) is 0 Å². The third-order valence-electron chi connectivity index (χ3n) is 5.15. The number of benzene rings is 2. The van der Waals surface area contributed by atoms with Gasteiger partial charge in [0.15, 0.2) is 6.10 Å². The number of hydrogen-bond acceptors (Lipinski definition) is 6. The van der Waals surface area contributed by atoms with Crippen molar-refractivity contribution in [1.29, 1.82) is 0 Å². The maximum absolute atomic E-state index is 12.4. The molecule has 1 aliphatic rings. The van der Waals surface area contributed by atoms with Crippen LogP contribution in [0.3, 0.4) is 0 Å². The maximum atomic E-state index is 12.4. The SMILES string of the molecule is Cc1cccc(C)c1NC(=O)CNC(=O)C(C)OC(=O)c1ccc2c(c1)C(=O)N(C)C2=O. The molecule has 1 heterocycles. The van der Waals surface area contributed by atoms with E-state index in [1.165, 1.54) is 32.2 Å². The van der Waals surface area contributed by atoms with Crippen molar-refractivity contribution in [3.63, 3.8) is 0 Å². The van der Waals surface area contributed by atoms with Gasteiger partial charge in [-0.2, -0.15) is 0 Å². The van der Waals surface area contributed by atoms with Gasteiger partial charge in [0.1, 0.15) is 0 Å². The summed E-state index contributed by atoms with van der Waals surface area (Å²) in [5.74, 6) is -2.86. The molecule has 0 radical (unpaired) electrons. The lowest BCUT2D eigenvalue weighted by atomic mass is 10.1. The van der Waals surface area contributed by atoms with E-state index in [-0.39, 0.29) is 23.2 Å². The predicted molar refractivity (Wildman–Crippen MR) is 115 cm³/mol. The summed E-state index contributed by atoms with van der Waals surface area (Å²) in [6.07, 6.45) is -1.18. The summed E-state index contributed by atoms with van der Waals surface area (Å²) < 4.78 is 5.14. The van der Waals surface area contributed by atoms with Crippen LogP contribution >= 0.6 is 0 Å². The minimum Gasteiger partial charge on any atom is -0.449 e. The third-order valence-corrected chi connectivity index (χ3v) is 5.15. The van der Waals surface area contributed by atoms with E-state index in [4.69, 9.17) is 4.74 Å². The highest BCUT2D eigenvalue weighted by molar-refractivity contribution is 6.21. The minimum atomic E-state index is -1.18. The number of fused-ring (bicyclic) bond motifs is 1. The van der Waals surface area contributed by atoms with Gasteiger partial charge >= 0.3 is 5.97 Å². The number of rotatable bonds is 6. The smallest absolute Gasteiger partial charge is 0.338 e. The molecule has 0 saturated carbocycles. The van der Waals surface area contributed by atoms with E-state index in [1.807, 2.05) is 32.0 Å². The first-order valence-corrected chi connectivity index (χ1v) is 9.91. The molecule has 32 heavy (non-hydrogen) atoms. The van der Waals surface area contributed by atoms with Crippen LogP contribution in [-0.4, -0.2) is 54.2 Å². The van der Waals surface area contributed by atoms with Crippen LogP contribution in [0.25, 0.3) is 0 Å². The number of imide groups is 1. The lowest BCUT2D eigenvalue weighted by Gasteiger charge is -2.15. The van der Waals surface area contributed by atoms with Crippen molar-refractivity contribution in [3.05, 3.63) is 64.2 Å². The number of para-hydroxylation sites is 1. The second-order valence-electron chi connectivity index (χ2n) is 7.51. The molecule has 1 aliphatic heterocycles. The van der Waals surface area contributed by atoms with Crippen molar-refractivity contribution in [1.82, 2.24) is 10.2 Å². The van der Waals surface area contributed by atoms with Gasteiger partial charge in [-0.25, -0.2) is 4.79 Å². The van der Waals surface area contributed by atoms with E-state index in [2.05, 4.69) is 10.6 Å². The van der Waals surface area contributed by atoms with Gasteiger partial charge in [0.05, 0.1) is 23.2 Å². The van der Waals surface area contributed by atoms with E-state index < -0.39 is 35.7 Å². The first-order chi connectivity index (χ1) is 15.1. The van der Waals surface area contributed by atoms with E-state index in [0.717, 1.165) is 16.0 Å². The van der Waals surface area contributed by atoms with Crippen LogP contribution < -0.4 is 10.6 Å². The molecule has 0 spiro atoms. The number of anilines is 1. The zero-order chi connectivity index (χ0) is 23.6. The highest BCUT2D eigenvalue weighted by Crippen LogP contribution is 2.23. The van der Waals surface area contributed by atoms with E-state index in [9.17, 15) is 24.0 Å². The van der Waals surface area contributed by atoms with Gasteiger partial charge < -0.3 is 15.4 Å². The summed E-state index contributed by atoms with van der Waals surface area (Å²) in [6.45, 7) is 4.80. The Kier molecular flexibility index (Phi) is 6.38. The Morgan fingerprint density at radius 3 is 2.28 bits per heavy atom. The molecule has 2 aromatic rings. The number of hydrogen-bond donors (Lipinski definition) is 2. The number of nitrogens with one attached hydrogen (secondary N) is 2. The fourth-order valence-corrected chi connectivity index (χ4v) is 3.28. The quantitative estimate of drug-likeness (QED) is 0.525. The van der Waals surface area contributed by atoms with Crippen molar-refractivity contribution in [2.24, 2.45) is 0 Å². The molecule has 4 amide bonds. The zero-order valence-corrected chi connectivity index (χ0v) is 18.1. The fourth-order valence-electron chi connectivity index (χ4n) is 3.28. The molecule has 1 unspecified atom stereocenters. The predicted octanol–water partition coefficient (Wildman–Crippen LogP) is 1.83. The third kappa shape index (κ3) is 4.51. The monoisotopic (exact) mass is 437 g/mol. The topological polar surface area (TPSA) is 122 Å². The highest BCUT2D eigenvalue weighted by atomic mass is 16.5. The lowest BCUT2D eigenvalue weighted by molar-refractivity contribution is -0.130. The molecule has 0 aliphatic carbocycles. The Labute approximate surface area is 184 Å². The van der Waals surface area contributed by atoms with Crippen LogP contribution in [0.5, 0.6) is 0 Å². The average molecular weight is 437 g/mol. The summed E-state index contributed by atoms with van der Waals surface area (Å²) in [4.78, 5) is 61.8. The number of esters is 1. The van der Waals surface area contributed by atoms with Crippen LogP contribution in [0, 0.1) is 13.8 Å². The second kappa shape index (κ2) is 9.01. The Hall–Kier alpha value is -4.01. The molecule has 0 saturated heterocycles. The van der Waals surface area contributed by atoms with E-state index in [0.29, 0.717) is 5.69 Å². The van der Waals surface area contributed by atoms with Crippen LogP contribution in [0.15, 0.2) is 36.4 Å². The Bertz CT molecular complexity index is 1120. The van der Waals surface area contributed by atoms with E-state index >= 15 is 0 Å². The normalized spacial score (nSPS) is 13.4. The molecule has 166 valence electrons. The van der Waals surface area contributed by atoms with Gasteiger partial charge in [-0.15, -0.1) is 0 Å². The molecular weight excluding hydrogens is 414 g/mol. The second-order valence-corrected chi connectivity index (χ2v) is 7.51. The first kappa shape index (κ1) is 22.7. The summed E-state index contributed by atoms with van der Waals surface area (Å²) in [5.41, 5.74) is 2.82. The summed E-state index contributed by atoms with van der Waals surface area (Å²) in [7, 11) is 1.35. The van der Waals surface area contributed by atoms with Crippen LogP contribution in [0.4, 0.5) is 5.69 Å². The first-order valence-electron chi connectivity index (χ1n) is 9.91. The summed E-state index contributed by atoms with van der Waals surface area (Å²) in [5, 5.41) is 5.17. The van der Waals surface area contributed by atoms with Crippen molar-refractivity contribution >= 4 is 35.3 Å². The van der Waals surface area contributed by atoms with Gasteiger partial charge in [-0.3, -0.25) is 24.1 Å². The molecule has 9 heteroatoms. The number of aryl methyl sites for hydroxylation is 2. The van der Waals surface area contributed by atoms with Gasteiger partial charge in [-0.1, -0.05) is 18.2 Å². The van der Waals surface area contributed by atoms with Crippen LogP contribution in [-0.2, 0) is 14.3 Å². The highest BCUT2D eigenvalue weighted by Gasteiger charge is 2.33. The molecule has 9 nitrogen and oxygen atoms in total. The van der Waals surface area contributed by atoms with Crippen molar-refractivity contribution in [2.75, 3.05) is 18.9 Å². The number of carbonyl (C=O) groups excluding carboxylic acids is 5. The fraction of sp³-hybridized carbons (Fsp3) is 0.261. The lowest BCUT2D eigenvalue weighted by Crippen LogP contribution is -2.40.